The van der Waals surface area contributed by atoms with Crippen molar-refractivity contribution in [1.82, 2.24) is 0 Å². The quantitative estimate of drug-likeness (QED) is 0.275. The summed E-state index contributed by atoms with van der Waals surface area (Å²) in [5, 5.41) is 0. The lowest BCUT2D eigenvalue weighted by Crippen LogP contribution is -2.06. The molecule has 2 nitrogen and oxygen atoms in total. The second kappa shape index (κ2) is 14.1. The van der Waals surface area contributed by atoms with Crippen molar-refractivity contribution >= 4 is 5.97 Å². The molecule has 0 spiro atoms. The minimum Gasteiger partial charge on any atom is -0.462 e. The first kappa shape index (κ1) is 20.7. The molecule has 0 radical (unpaired) electrons. The van der Waals surface area contributed by atoms with Gasteiger partial charge in [-0.3, -0.25) is 0 Å². The van der Waals surface area contributed by atoms with Gasteiger partial charge in [-0.2, -0.15) is 0 Å². The van der Waals surface area contributed by atoms with Crippen molar-refractivity contribution in [3.8, 4) is 0 Å². The van der Waals surface area contributed by atoms with E-state index in [1.54, 1.807) is 0 Å². The maximum absolute atomic E-state index is 11.9. The van der Waals surface area contributed by atoms with E-state index in [1.165, 1.54) is 64.2 Å². The molecule has 0 fully saturated rings. The maximum atomic E-state index is 11.9. The predicted molar refractivity (Wildman–Crippen MR) is 103 cm³/mol. The van der Waals surface area contributed by atoms with Gasteiger partial charge in [0, 0.05) is 0 Å². The monoisotopic (exact) mass is 332 g/mol. The number of carbonyl (C=O) groups excluding carboxylic acids is 1. The fraction of sp³-hybridized carbons (Fsp3) is 0.682. The van der Waals surface area contributed by atoms with Crippen molar-refractivity contribution in [2.75, 3.05) is 6.61 Å². The molecular weight excluding hydrogens is 296 g/mol. The van der Waals surface area contributed by atoms with E-state index in [0.29, 0.717) is 12.2 Å². The van der Waals surface area contributed by atoms with Crippen LogP contribution in [-0.4, -0.2) is 12.6 Å². The molecule has 1 aromatic carbocycles. The van der Waals surface area contributed by atoms with Gasteiger partial charge in [-0.15, -0.1) is 0 Å². The van der Waals surface area contributed by atoms with Crippen LogP contribution in [0.3, 0.4) is 0 Å². The largest absolute Gasteiger partial charge is 0.462 e. The molecule has 0 saturated carbocycles. The third kappa shape index (κ3) is 10.5. The lowest BCUT2D eigenvalue weighted by molar-refractivity contribution is 0.0497. The molecule has 136 valence electrons. The summed E-state index contributed by atoms with van der Waals surface area (Å²) in [4.78, 5) is 11.9. The number of ether oxygens (including phenoxy) is 1. The van der Waals surface area contributed by atoms with Crippen LogP contribution in [0.15, 0.2) is 24.3 Å². The third-order valence-electron chi connectivity index (χ3n) is 4.48. The third-order valence-corrected chi connectivity index (χ3v) is 4.48. The Hall–Kier alpha value is -1.31. The molecule has 0 bridgehead atoms. The summed E-state index contributed by atoms with van der Waals surface area (Å²) in [6.07, 6.45) is 15.8. The smallest absolute Gasteiger partial charge is 0.338 e. The van der Waals surface area contributed by atoms with Gasteiger partial charge in [0.25, 0.3) is 0 Å². The molecule has 0 atom stereocenters. The normalized spacial score (nSPS) is 10.8. The molecule has 0 amide bonds. The van der Waals surface area contributed by atoms with Crippen LogP contribution >= 0.6 is 0 Å². The highest BCUT2D eigenvalue weighted by atomic mass is 16.5. The Balaban J connectivity index is 1.88. The molecule has 0 N–H and O–H groups in total. The second-order valence-electron chi connectivity index (χ2n) is 6.89. The number of unbranched alkanes of at least 4 members (excludes halogenated alkanes) is 11. The molecule has 24 heavy (non-hydrogen) atoms. The van der Waals surface area contributed by atoms with Crippen LogP contribution in [0.2, 0.25) is 0 Å². The van der Waals surface area contributed by atoms with E-state index in [0.717, 1.165) is 18.4 Å². The maximum Gasteiger partial charge on any atom is 0.338 e. The first-order chi connectivity index (χ1) is 11.7. The van der Waals surface area contributed by atoms with E-state index >= 15 is 0 Å². The van der Waals surface area contributed by atoms with Crippen molar-refractivity contribution in [2.24, 2.45) is 0 Å². The average Bonchev–Trinajstić information content (AvgIpc) is 2.59. The van der Waals surface area contributed by atoms with Crippen LogP contribution in [-0.2, 0) is 4.74 Å². The minimum atomic E-state index is -0.193. The average molecular weight is 333 g/mol. The number of carbonyl (C=O) groups is 1. The van der Waals surface area contributed by atoms with Crippen LogP contribution in [0.1, 0.15) is 99.9 Å². The zero-order valence-corrected chi connectivity index (χ0v) is 15.8. The fourth-order valence-electron chi connectivity index (χ4n) is 2.96. The molecule has 0 heterocycles. The molecule has 1 aromatic rings. The second-order valence-corrected chi connectivity index (χ2v) is 6.89. The molecule has 2 heteroatoms. The molecule has 1 rings (SSSR count). The summed E-state index contributed by atoms with van der Waals surface area (Å²) in [7, 11) is 0. The number of aryl methyl sites for hydroxylation is 1. The van der Waals surface area contributed by atoms with E-state index in [4.69, 9.17) is 4.74 Å². The minimum absolute atomic E-state index is 0.193. The summed E-state index contributed by atoms with van der Waals surface area (Å²) in [6.45, 7) is 4.80. The summed E-state index contributed by atoms with van der Waals surface area (Å²) in [5.74, 6) is -0.193. The summed E-state index contributed by atoms with van der Waals surface area (Å²) in [6, 6.07) is 7.58. The van der Waals surface area contributed by atoms with Crippen LogP contribution in [0, 0.1) is 6.92 Å². The lowest BCUT2D eigenvalue weighted by atomic mass is 10.1. The van der Waals surface area contributed by atoms with Crippen molar-refractivity contribution in [3.05, 3.63) is 35.4 Å². The Bertz CT molecular complexity index is 439. The van der Waals surface area contributed by atoms with Crippen molar-refractivity contribution < 1.29 is 9.53 Å². The molecule has 0 aromatic heterocycles. The van der Waals surface area contributed by atoms with Crippen molar-refractivity contribution in [3.63, 3.8) is 0 Å². The van der Waals surface area contributed by atoms with Crippen LogP contribution in [0.4, 0.5) is 0 Å². The van der Waals surface area contributed by atoms with Gasteiger partial charge in [0.1, 0.15) is 0 Å². The molecule has 0 aliphatic heterocycles. The van der Waals surface area contributed by atoms with Gasteiger partial charge < -0.3 is 4.74 Å². The summed E-state index contributed by atoms with van der Waals surface area (Å²) < 4.78 is 5.34. The van der Waals surface area contributed by atoms with E-state index < -0.39 is 0 Å². The van der Waals surface area contributed by atoms with Crippen LogP contribution in [0.25, 0.3) is 0 Å². The highest BCUT2D eigenvalue weighted by molar-refractivity contribution is 5.89. The van der Waals surface area contributed by atoms with Crippen molar-refractivity contribution in [2.45, 2.75) is 90.9 Å². The summed E-state index contributed by atoms with van der Waals surface area (Å²) in [5.41, 5.74) is 1.75. The van der Waals surface area contributed by atoms with Gasteiger partial charge in [0.15, 0.2) is 0 Å². The number of esters is 1. The molecular formula is C22H36O2. The Morgan fingerprint density at radius 1 is 0.833 bits per heavy atom. The first-order valence-corrected chi connectivity index (χ1v) is 9.98. The fourth-order valence-corrected chi connectivity index (χ4v) is 2.96. The van der Waals surface area contributed by atoms with Gasteiger partial charge >= 0.3 is 5.97 Å². The number of benzene rings is 1. The molecule has 0 aliphatic rings. The van der Waals surface area contributed by atoms with E-state index in [-0.39, 0.29) is 5.97 Å². The van der Waals surface area contributed by atoms with Gasteiger partial charge in [0.05, 0.1) is 12.2 Å². The van der Waals surface area contributed by atoms with Crippen LogP contribution < -0.4 is 0 Å². The first-order valence-electron chi connectivity index (χ1n) is 9.98. The zero-order valence-electron chi connectivity index (χ0n) is 15.8. The predicted octanol–water partition coefficient (Wildman–Crippen LogP) is 6.85. The van der Waals surface area contributed by atoms with E-state index in [2.05, 4.69) is 6.92 Å². The van der Waals surface area contributed by atoms with Crippen LogP contribution in [0.5, 0.6) is 0 Å². The Morgan fingerprint density at radius 3 is 1.92 bits per heavy atom. The van der Waals surface area contributed by atoms with Gasteiger partial charge in [-0.05, 0) is 25.5 Å². The number of rotatable bonds is 14. The standard InChI is InChI=1S/C22H36O2/c1-3-4-5-6-7-8-9-10-11-12-13-14-18-24-22(23)21-17-15-16-20(2)19-21/h15-17,19H,3-14,18H2,1-2H3. The van der Waals surface area contributed by atoms with Gasteiger partial charge in [-0.25, -0.2) is 4.79 Å². The summed E-state index contributed by atoms with van der Waals surface area (Å²) >= 11 is 0. The Kier molecular flexibility index (Phi) is 12.2. The highest BCUT2D eigenvalue weighted by Crippen LogP contribution is 2.12. The number of hydrogen-bond donors (Lipinski definition) is 0. The molecule has 0 saturated heterocycles. The Labute approximate surface area is 149 Å². The van der Waals surface area contributed by atoms with E-state index in [9.17, 15) is 4.79 Å². The van der Waals surface area contributed by atoms with E-state index in [1.807, 2.05) is 31.2 Å². The lowest BCUT2D eigenvalue weighted by Gasteiger charge is -2.06. The Morgan fingerprint density at radius 2 is 1.38 bits per heavy atom. The highest BCUT2D eigenvalue weighted by Gasteiger charge is 2.06. The number of hydrogen-bond acceptors (Lipinski definition) is 2. The van der Waals surface area contributed by atoms with Gasteiger partial charge in [0.2, 0.25) is 0 Å². The van der Waals surface area contributed by atoms with Crippen molar-refractivity contribution in [1.29, 1.82) is 0 Å². The SMILES string of the molecule is CCCCCCCCCCCCCCOC(=O)c1cccc(C)c1. The molecule has 0 unspecified atom stereocenters. The van der Waals surface area contributed by atoms with Gasteiger partial charge in [-0.1, -0.05) is 95.2 Å². The topological polar surface area (TPSA) is 26.3 Å². The molecule has 0 aliphatic carbocycles. The zero-order chi connectivity index (χ0) is 17.5.